The van der Waals surface area contributed by atoms with E-state index < -0.39 is 10.0 Å². The molecule has 4 aromatic rings. The van der Waals surface area contributed by atoms with Gasteiger partial charge in [0.1, 0.15) is 4.90 Å². The number of anilines is 1. The van der Waals surface area contributed by atoms with Crippen LogP contribution in [0.5, 0.6) is 0 Å². The van der Waals surface area contributed by atoms with Gasteiger partial charge in [-0.15, -0.1) is 0 Å². The summed E-state index contributed by atoms with van der Waals surface area (Å²) >= 11 is 0. The Hall–Kier alpha value is -3.71. The quantitative estimate of drug-likeness (QED) is 0.360. The van der Waals surface area contributed by atoms with Crippen molar-refractivity contribution in [1.82, 2.24) is 10.3 Å². The lowest BCUT2D eigenvalue weighted by Crippen LogP contribution is -2.29. The van der Waals surface area contributed by atoms with Crippen molar-refractivity contribution in [3.63, 3.8) is 0 Å². The Bertz CT molecular complexity index is 1370. The number of nitrogens with zero attached hydrogens (tertiary/aromatic N) is 1. The second-order valence-corrected chi connectivity index (χ2v) is 9.36. The van der Waals surface area contributed by atoms with Crippen LogP contribution in [0.1, 0.15) is 43.2 Å². The molecule has 6 nitrogen and oxygen atoms in total. The number of aromatic nitrogens is 1. The molecule has 7 heteroatoms. The highest BCUT2D eigenvalue weighted by atomic mass is 32.2. The highest BCUT2D eigenvalue weighted by Crippen LogP contribution is 2.26. The van der Waals surface area contributed by atoms with Gasteiger partial charge in [0.05, 0.1) is 22.8 Å². The van der Waals surface area contributed by atoms with E-state index in [1.54, 1.807) is 54.7 Å². The third-order valence-electron chi connectivity index (χ3n) is 5.39. The molecule has 0 fully saturated rings. The van der Waals surface area contributed by atoms with Crippen LogP contribution in [0.15, 0.2) is 96.0 Å². The van der Waals surface area contributed by atoms with Gasteiger partial charge in [0, 0.05) is 13.0 Å². The summed E-state index contributed by atoms with van der Waals surface area (Å²) in [5, 5.41) is 3.78. The maximum atomic E-state index is 13.3. The van der Waals surface area contributed by atoms with Crippen molar-refractivity contribution in [2.75, 3.05) is 4.72 Å². The Morgan fingerprint density at radius 2 is 1.67 bits per heavy atom. The molecule has 0 aliphatic rings. The zero-order valence-electron chi connectivity index (χ0n) is 18.2. The van der Waals surface area contributed by atoms with Crippen LogP contribution in [0.4, 0.5) is 5.69 Å². The van der Waals surface area contributed by atoms with Gasteiger partial charge in [-0.1, -0.05) is 74.0 Å². The smallest absolute Gasteiger partial charge is 0.264 e. The summed E-state index contributed by atoms with van der Waals surface area (Å²) in [6, 6.07) is 24.7. The zero-order valence-corrected chi connectivity index (χ0v) is 19.0. The number of carbonyl (C=O) groups is 1. The number of benzene rings is 3. The largest absolute Gasteiger partial charge is 0.345 e. The van der Waals surface area contributed by atoms with Gasteiger partial charge in [-0.05, 0) is 36.2 Å². The van der Waals surface area contributed by atoms with Crippen molar-refractivity contribution in [2.45, 2.75) is 30.7 Å². The maximum absolute atomic E-state index is 13.3. The lowest BCUT2D eigenvalue weighted by Gasteiger charge is -2.20. The van der Waals surface area contributed by atoms with Crippen LogP contribution in [0.25, 0.3) is 10.9 Å². The van der Waals surface area contributed by atoms with Crippen molar-refractivity contribution >= 4 is 32.5 Å². The number of rotatable bonds is 8. The third kappa shape index (κ3) is 5.04. The van der Waals surface area contributed by atoms with Crippen LogP contribution < -0.4 is 10.0 Å². The highest BCUT2D eigenvalue weighted by Gasteiger charge is 2.22. The van der Waals surface area contributed by atoms with Gasteiger partial charge in [-0.3, -0.25) is 14.5 Å². The maximum Gasteiger partial charge on any atom is 0.264 e. The highest BCUT2D eigenvalue weighted by molar-refractivity contribution is 7.93. The average Bonchev–Trinajstić information content (AvgIpc) is 2.84. The molecule has 3 aromatic carbocycles. The number of para-hydroxylation sites is 2. The Morgan fingerprint density at radius 3 is 2.45 bits per heavy atom. The molecule has 4 rings (SSSR count). The van der Waals surface area contributed by atoms with Gasteiger partial charge in [0.2, 0.25) is 0 Å². The summed E-state index contributed by atoms with van der Waals surface area (Å²) < 4.78 is 29.1. The van der Waals surface area contributed by atoms with Gasteiger partial charge in [0.15, 0.2) is 0 Å². The second-order valence-electron chi connectivity index (χ2n) is 7.71. The molecule has 0 radical (unpaired) electrons. The molecular weight excluding hydrogens is 434 g/mol. The first-order valence-corrected chi connectivity index (χ1v) is 12.3. The normalized spacial score (nSPS) is 12.3. The van der Waals surface area contributed by atoms with E-state index in [2.05, 4.69) is 21.9 Å². The number of nitrogens with one attached hydrogen (secondary N) is 2. The summed E-state index contributed by atoms with van der Waals surface area (Å²) in [6.45, 7) is 2.06. The fraction of sp³-hybridized carbons (Fsp3) is 0.154. The van der Waals surface area contributed by atoms with Crippen LogP contribution in [-0.4, -0.2) is 19.3 Å². The third-order valence-corrected chi connectivity index (χ3v) is 6.78. The van der Waals surface area contributed by atoms with E-state index >= 15 is 0 Å². The first-order valence-electron chi connectivity index (χ1n) is 10.8. The first kappa shape index (κ1) is 22.5. The minimum absolute atomic E-state index is 0. The Balaban J connectivity index is 0.00000324. The van der Waals surface area contributed by atoms with Crippen molar-refractivity contribution in [3.05, 3.63) is 102 Å². The average molecular weight is 462 g/mol. The summed E-state index contributed by atoms with van der Waals surface area (Å²) in [4.78, 5) is 17.5. The van der Waals surface area contributed by atoms with Gasteiger partial charge < -0.3 is 5.32 Å². The van der Waals surface area contributed by atoms with E-state index in [1.165, 1.54) is 6.07 Å². The molecule has 33 heavy (non-hydrogen) atoms. The number of pyridine rings is 1. The fourth-order valence-electron chi connectivity index (χ4n) is 3.80. The molecule has 0 bridgehead atoms. The van der Waals surface area contributed by atoms with Gasteiger partial charge >= 0.3 is 0 Å². The predicted molar refractivity (Wildman–Crippen MR) is 133 cm³/mol. The lowest BCUT2D eigenvalue weighted by molar-refractivity contribution is 0.0935. The molecular formula is C26H27N3O3S. The second kappa shape index (κ2) is 9.83. The summed E-state index contributed by atoms with van der Waals surface area (Å²) in [5.74, 6) is -0.341. The monoisotopic (exact) mass is 461 g/mol. The molecule has 1 atom stereocenters. The van der Waals surface area contributed by atoms with E-state index in [0.717, 1.165) is 23.8 Å². The number of hydrogen-bond acceptors (Lipinski definition) is 4. The van der Waals surface area contributed by atoms with Crippen molar-refractivity contribution in [2.24, 2.45) is 0 Å². The standard InChI is InChI=1S/C26H25N3O3S.H2/c1-2-10-22(19-11-4-3-5-12-19)28-26(30)21-15-6-7-16-23(21)29-33(31,32)24-17-8-13-20-14-9-18-27-25(20)24;/h3-9,11-18,22,29H,2,10H2,1H3,(H,28,30);1H. The summed E-state index contributed by atoms with van der Waals surface area (Å²) in [7, 11) is -3.98. The fourth-order valence-corrected chi connectivity index (χ4v) is 5.06. The number of fused-ring (bicyclic) bond motifs is 1. The van der Waals surface area contributed by atoms with Gasteiger partial charge in [-0.2, -0.15) is 0 Å². The number of sulfonamides is 1. The molecule has 0 aliphatic carbocycles. The first-order chi connectivity index (χ1) is 16.0. The van der Waals surface area contributed by atoms with Crippen molar-refractivity contribution in [1.29, 1.82) is 0 Å². The van der Waals surface area contributed by atoms with Gasteiger partial charge in [-0.25, -0.2) is 8.42 Å². The Labute approximate surface area is 195 Å². The number of carbonyl (C=O) groups excluding carboxylic acids is 1. The van der Waals surface area contributed by atoms with Crippen LogP contribution in [-0.2, 0) is 10.0 Å². The summed E-state index contributed by atoms with van der Waals surface area (Å²) in [5.41, 5.74) is 1.85. The van der Waals surface area contributed by atoms with Gasteiger partial charge in [0.25, 0.3) is 15.9 Å². The lowest BCUT2D eigenvalue weighted by atomic mass is 10.0. The molecule has 2 N–H and O–H groups in total. The molecule has 0 saturated carbocycles. The minimum atomic E-state index is -3.98. The molecule has 1 unspecified atom stereocenters. The molecule has 0 aliphatic heterocycles. The zero-order chi connectivity index (χ0) is 23.3. The number of hydrogen-bond donors (Lipinski definition) is 2. The molecule has 1 amide bonds. The molecule has 0 saturated heterocycles. The predicted octanol–water partition coefficient (Wildman–Crippen LogP) is 5.55. The van der Waals surface area contributed by atoms with E-state index in [-0.39, 0.29) is 29.5 Å². The van der Waals surface area contributed by atoms with Crippen molar-refractivity contribution < 1.29 is 14.6 Å². The Kier molecular flexibility index (Phi) is 6.70. The van der Waals surface area contributed by atoms with Crippen LogP contribution in [0, 0.1) is 0 Å². The molecule has 1 heterocycles. The van der Waals surface area contributed by atoms with E-state index in [1.807, 2.05) is 30.3 Å². The van der Waals surface area contributed by atoms with Crippen LogP contribution >= 0.6 is 0 Å². The van der Waals surface area contributed by atoms with Crippen LogP contribution in [0.2, 0.25) is 0 Å². The number of amides is 1. The summed E-state index contributed by atoms with van der Waals surface area (Å²) in [6.07, 6.45) is 3.22. The van der Waals surface area contributed by atoms with E-state index in [9.17, 15) is 13.2 Å². The van der Waals surface area contributed by atoms with Crippen LogP contribution in [0.3, 0.4) is 0 Å². The van der Waals surface area contributed by atoms with Crippen molar-refractivity contribution in [3.8, 4) is 0 Å². The topological polar surface area (TPSA) is 88.2 Å². The SMILES string of the molecule is CCCC(NC(=O)c1ccccc1NS(=O)(=O)c1cccc2cccnc12)c1ccccc1.[HH]. The minimum Gasteiger partial charge on any atom is -0.345 e. The molecule has 170 valence electrons. The van der Waals surface area contributed by atoms with E-state index in [4.69, 9.17) is 0 Å². The molecule has 1 aromatic heterocycles. The Morgan fingerprint density at radius 1 is 0.939 bits per heavy atom. The molecule has 0 spiro atoms. The van der Waals surface area contributed by atoms with E-state index in [0.29, 0.717) is 5.52 Å².